The normalized spacial score (nSPS) is 31.4. The van der Waals surface area contributed by atoms with Gasteiger partial charge in [-0.25, -0.2) is 8.42 Å². The van der Waals surface area contributed by atoms with E-state index in [1.807, 2.05) is 6.92 Å². The highest BCUT2D eigenvalue weighted by Crippen LogP contribution is 2.30. The summed E-state index contributed by atoms with van der Waals surface area (Å²) in [6, 6.07) is 0.164. The third-order valence-corrected chi connectivity index (χ3v) is 7.03. The van der Waals surface area contributed by atoms with Gasteiger partial charge in [0.2, 0.25) is 0 Å². The largest absolute Gasteiger partial charge is 0.381 e. The number of nitrogens with one attached hydrogen (secondary N) is 1. The minimum absolute atomic E-state index is 0.164. The van der Waals surface area contributed by atoms with Crippen LogP contribution in [0.5, 0.6) is 0 Å². The molecule has 1 saturated heterocycles. The van der Waals surface area contributed by atoms with Crippen molar-refractivity contribution in [3.05, 3.63) is 0 Å². The van der Waals surface area contributed by atoms with E-state index in [0.29, 0.717) is 26.1 Å². The first-order valence-corrected chi connectivity index (χ1v) is 8.81. The molecule has 0 aromatic heterocycles. The van der Waals surface area contributed by atoms with Crippen molar-refractivity contribution in [2.24, 2.45) is 0 Å². The maximum atomic E-state index is 12.7. The number of rotatable bonds is 4. The smallest absolute Gasteiger partial charge is 0.157 e. The summed E-state index contributed by atoms with van der Waals surface area (Å²) in [5.41, 5.74) is 0. The van der Waals surface area contributed by atoms with Gasteiger partial charge in [0.25, 0.3) is 0 Å². The molecule has 18 heavy (non-hydrogen) atoms. The van der Waals surface area contributed by atoms with Crippen LogP contribution >= 0.6 is 0 Å². The zero-order valence-corrected chi connectivity index (χ0v) is 12.0. The Morgan fingerprint density at radius 2 is 1.78 bits per heavy atom. The van der Waals surface area contributed by atoms with Crippen molar-refractivity contribution in [1.82, 2.24) is 5.32 Å². The van der Waals surface area contributed by atoms with Crippen LogP contribution < -0.4 is 5.32 Å². The first-order valence-electron chi connectivity index (χ1n) is 7.20. The van der Waals surface area contributed by atoms with E-state index in [0.717, 1.165) is 32.2 Å². The maximum absolute atomic E-state index is 12.7. The number of hydrogen-bond donors (Lipinski definition) is 1. The highest BCUT2D eigenvalue weighted by molar-refractivity contribution is 7.92. The average Bonchev–Trinajstić information content (AvgIpc) is 2.41. The molecule has 0 bridgehead atoms. The molecule has 1 aliphatic carbocycles. The second-order valence-electron chi connectivity index (χ2n) is 5.39. The Morgan fingerprint density at radius 1 is 1.11 bits per heavy atom. The van der Waals surface area contributed by atoms with Gasteiger partial charge >= 0.3 is 0 Å². The van der Waals surface area contributed by atoms with Crippen LogP contribution in [0.25, 0.3) is 0 Å². The fourth-order valence-corrected chi connectivity index (χ4v) is 5.77. The third-order valence-electron chi connectivity index (χ3n) is 4.22. The van der Waals surface area contributed by atoms with E-state index in [9.17, 15) is 8.42 Å². The SMILES string of the molecule is CCNC1CCCCC1S(=O)(=O)C1CCOCC1. The molecule has 2 atom stereocenters. The quantitative estimate of drug-likeness (QED) is 0.845. The lowest BCUT2D eigenvalue weighted by Gasteiger charge is -2.35. The summed E-state index contributed by atoms with van der Waals surface area (Å²) < 4.78 is 30.7. The van der Waals surface area contributed by atoms with Crippen LogP contribution in [0.2, 0.25) is 0 Å². The minimum Gasteiger partial charge on any atom is -0.381 e. The van der Waals surface area contributed by atoms with Crippen LogP contribution in [0.1, 0.15) is 45.4 Å². The summed E-state index contributed by atoms with van der Waals surface area (Å²) in [5, 5.41) is 3.03. The average molecular weight is 275 g/mol. The molecule has 5 heteroatoms. The maximum Gasteiger partial charge on any atom is 0.157 e. The molecule has 2 rings (SSSR count). The summed E-state index contributed by atoms with van der Waals surface area (Å²) in [5.74, 6) is 0. The molecule has 0 aromatic rings. The van der Waals surface area contributed by atoms with E-state index in [1.54, 1.807) is 0 Å². The molecule has 2 fully saturated rings. The van der Waals surface area contributed by atoms with Crippen LogP contribution in [0.15, 0.2) is 0 Å². The van der Waals surface area contributed by atoms with E-state index in [4.69, 9.17) is 4.74 Å². The van der Waals surface area contributed by atoms with Crippen molar-refractivity contribution in [2.75, 3.05) is 19.8 Å². The van der Waals surface area contributed by atoms with Gasteiger partial charge in [0, 0.05) is 19.3 Å². The van der Waals surface area contributed by atoms with E-state index in [1.165, 1.54) is 0 Å². The summed E-state index contributed by atoms with van der Waals surface area (Å²) >= 11 is 0. The van der Waals surface area contributed by atoms with Gasteiger partial charge in [-0.3, -0.25) is 0 Å². The Morgan fingerprint density at radius 3 is 2.44 bits per heavy atom. The molecule has 0 spiro atoms. The Kier molecular flexibility index (Phi) is 5.04. The Hall–Kier alpha value is -0.130. The fourth-order valence-electron chi connectivity index (χ4n) is 3.24. The summed E-state index contributed by atoms with van der Waals surface area (Å²) in [7, 11) is -3.00. The Labute approximate surface area is 110 Å². The lowest BCUT2D eigenvalue weighted by Crippen LogP contribution is -2.49. The molecule has 106 valence electrons. The topological polar surface area (TPSA) is 55.4 Å². The van der Waals surface area contributed by atoms with Gasteiger partial charge in [-0.15, -0.1) is 0 Å². The lowest BCUT2D eigenvalue weighted by atomic mass is 9.95. The lowest BCUT2D eigenvalue weighted by molar-refractivity contribution is 0.0980. The summed E-state index contributed by atoms with van der Waals surface area (Å²) in [6.45, 7) is 4.10. The van der Waals surface area contributed by atoms with Crippen LogP contribution in [-0.4, -0.2) is 44.7 Å². The van der Waals surface area contributed by atoms with Crippen molar-refractivity contribution in [2.45, 2.75) is 62.0 Å². The zero-order chi connectivity index (χ0) is 13.0. The first-order chi connectivity index (χ1) is 8.66. The molecular formula is C13H25NO3S. The van der Waals surface area contributed by atoms with E-state index >= 15 is 0 Å². The molecule has 0 aromatic carbocycles. The highest BCUT2D eigenvalue weighted by Gasteiger charge is 2.40. The standard InChI is InChI=1S/C13H25NO3S/c1-2-14-12-5-3-4-6-13(12)18(15,16)11-7-9-17-10-8-11/h11-14H,2-10H2,1H3. The minimum atomic E-state index is -3.00. The van der Waals surface area contributed by atoms with Gasteiger partial charge in [-0.05, 0) is 32.2 Å². The van der Waals surface area contributed by atoms with Crippen molar-refractivity contribution in [3.63, 3.8) is 0 Å². The molecule has 4 nitrogen and oxygen atoms in total. The third kappa shape index (κ3) is 3.06. The molecule has 2 aliphatic rings. The van der Waals surface area contributed by atoms with Gasteiger partial charge in [0.05, 0.1) is 10.5 Å². The first kappa shape index (κ1) is 14.3. The summed E-state index contributed by atoms with van der Waals surface area (Å²) in [6.07, 6.45) is 5.39. The van der Waals surface area contributed by atoms with E-state index < -0.39 is 9.84 Å². The second kappa shape index (κ2) is 6.35. The van der Waals surface area contributed by atoms with Crippen LogP contribution in [0.4, 0.5) is 0 Å². The molecular weight excluding hydrogens is 250 g/mol. The van der Waals surface area contributed by atoms with E-state index in [-0.39, 0.29) is 16.5 Å². The Bertz CT molecular complexity index is 347. The molecule has 1 aliphatic heterocycles. The summed E-state index contributed by atoms with van der Waals surface area (Å²) in [4.78, 5) is 0. The molecule has 1 saturated carbocycles. The molecule has 2 unspecified atom stereocenters. The second-order valence-corrected chi connectivity index (χ2v) is 7.84. The monoisotopic (exact) mass is 275 g/mol. The molecule has 1 N–H and O–H groups in total. The van der Waals surface area contributed by atoms with Gasteiger partial charge in [-0.1, -0.05) is 19.8 Å². The fraction of sp³-hybridized carbons (Fsp3) is 1.00. The van der Waals surface area contributed by atoms with Gasteiger partial charge in [0.1, 0.15) is 0 Å². The number of ether oxygens (including phenoxy) is 1. The van der Waals surface area contributed by atoms with Crippen LogP contribution in [0, 0.1) is 0 Å². The number of hydrogen-bond acceptors (Lipinski definition) is 4. The molecule has 0 amide bonds. The van der Waals surface area contributed by atoms with Crippen LogP contribution in [-0.2, 0) is 14.6 Å². The van der Waals surface area contributed by atoms with Gasteiger partial charge in [-0.2, -0.15) is 0 Å². The van der Waals surface area contributed by atoms with Gasteiger partial charge in [0.15, 0.2) is 9.84 Å². The van der Waals surface area contributed by atoms with Crippen LogP contribution in [0.3, 0.4) is 0 Å². The van der Waals surface area contributed by atoms with Crippen molar-refractivity contribution in [3.8, 4) is 0 Å². The Balaban J connectivity index is 2.10. The number of sulfone groups is 1. The molecule has 1 heterocycles. The predicted molar refractivity (Wildman–Crippen MR) is 72.5 cm³/mol. The molecule has 0 radical (unpaired) electrons. The van der Waals surface area contributed by atoms with E-state index in [2.05, 4.69) is 5.32 Å². The zero-order valence-electron chi connectivity index (χ0n) is 11.2. The predicted octanol–water partition coefficient (Wildman–Crippen LogP) is 1.50. The van der Waals surface area contributed by atoms with Crippen molar-refractivity contribution >= 4 is 9.84 Å². The van der Waals surface area contributed by atoms with Crippen molar-refractivity contribution in [1.29, 1.82) is 0 Å². The van der Waals surface area contributed by atoms with Crippen molar-refractivity contribution < 1.29 is 13.2 Å². The highest BCUT2D eigenvalue weighted by atomic mass is 32.2. The van der Waals surface area contributed by atoms with Gasteiger partial charge < -0.3 is 10.1 Å².